The van der Waals surface area contributed by atoms with E-state index in [1.807, 2.05) is 17.0 Å². The molecule has 1 N–H and O–H groups in total. The van der Waals surface area contributed by atoms with E-state index in [0.717, 1.165) is 25.1 Å². The van der Waals surface area contributed by atoms with Crippen LogP contribution >= 0.6 is 12.4 Å². The fraction of sp³-hybridized carbons (Fsp3) is 0.611. The Kier molecular flexibility index (Phi) is 5.18. The highest BCUT2D eigenvalue weighted by Crippen LogP contribution is 2.24. The fourth-order valence-electron chi connectivity index (χ4n) is 3.42. The highest BCUT2D eigenvalue weighted by atomic mass is 35.5. The molecule has 2 fully saturated rings. The molecule has 1 aromatic carbocycles. The van der Waals surface area contributed by atoms with Crippen molar-refractivity contribution in [1.29, 1.82) is 0 Å². The lowest BCUT2D eigenvalue weighted by Crippen LogP contribution is -2.39. The van der Waals surface area contributed by atoms with Gasteiger partial charge in [0.05, 0.1) is 0 Å². The van der Waals surface area contributed by atoms with Crippen molar-refractivity contribution in [3.63, 3.8) is 0 Å². The lowest BCUT2D eigenvalue weighted by Gasteiger charge is -2.25. The van der Waals surface area contributed by atoms with Gasteiger partial charge in [0, 0.05) is 30.7 Å². The summed E-state index contributed by atoms with van der Waals surface area (Å²) in [6.07, 6.45) is 3.56. The van der Waals surface area contributed by atoms with E-state index >= 15 is 0 Å². The first-order valence-corrected chi connectivity index (χ1v) is 8.09. The second kappa shape index (κ2) is 6.59. The molecule has 2 saturated heterocycles. The Morgan fingerprint density at radius 3 is 2.36 bits per heavy atom. The molecule has 0 radical (unpaired) electrons. The van der Waals surface area contributed by atoms with Crippen LogP contribution in [0, 0.1) is 0 Å². The Bertz CT molecular complexity index is 521. The smallest absolute Gasteiger partial charge is 0.253 e. The number of benzene rings is 1. The molecule has 1 aromatic rings. The van der Waals surface area contributed by atoms with E-state index in [1.54, 1.807) is 0 Å². The average Bonchev–Trinajstić information content (AvgIpc) is 2.77. The van der Waals surface area contributed by atoms with E-state index < -0.39 is 0 Å². The van der Waals surface area contributed by atoms with Crippen molar-refractivity contribution in [2.75, 3.05) is 13.1 Å². The van der Waals surface area contributed by atoms with Gasteiger partial charge in [-0.05, 0) is 42.4 Å². The predicted molar refractivity (Wildman–Crippen MR) is 92.9 cm³/mol. The molecule has 2 atom stereocenters. The summed E-state index contributed by atoms with van der Waals surface area (Å²) < 4.78 is 0. The molecule has 0 spiro atoms. The summed E-state index contributed by atoms with van der Waals surface area (Å²) in [5.41, 5.74) is 2.23. The van der Waals surface area contributed by atoms with E-state index in [-0.39, 0.29) is 23.7 Å². The Morgan fingerprint density at radius 1 is 1.09 bits per heavy atom. The number of hydrogen-bond acceptors (Lipinski definition) is 2. The van der Waals surface area contributed by atoms with Crippen LogP contribution in [0.4, 0.5) is 0 Å². The minimum atomic E-state index is 0. The van der Waals surface area contributed by atoms with Gasteiger partial charge >= 0.3 is 0 Å². The van der Waals surface area contributed by atoms with Crippen LogP contribution in [0.1, 0.15) is 56.0 Å². The van der Waals surface area contributed by atoms with Gasteiger partial charge in [-0.15, -0.1) is 12.4 Å². The lowest BCUT2D eigenvalue weighted by molar-refractivity contribution is 0.0748. The van der Waals surface area contributed by atoms with Crippen LogP contribution in [0.3, 0.4) is 0 Å². The number of hydrogen-bond donors (Lipinski definition) is 1. The quantitative estimate of drug-likeness (QED) is 0.859. The maximum absolute atomic E-state index is 12.7. The van der Waals surface area contributed by atoms with Crippen LogP contribution in [0.5, 0.6) is 0 Å². The average molecular weight is 323 g/mol. The summed E-state index contributed by atoms with van der Waals surface area (Å²) in [6, 6.07) is 9.27. The molecule has 3 rings (SSSR count). The Balaban J connectivity index is 0.00000176. The van der Waals surface area contributed by atoms with Crippen molar-refractivity contribution in [2.24, 2.45) is 0 Å². The van der Waals surface area contributed by atoms with Crippen molar-refractivity contribution in [3.8, 4) is 0 Å². The van der Waals surface area contributed by atoms with Crippen LogP contribution in [-0.4, -0.2) is 36.0 Å². The third kappa shape index (κ3) is 3.64. The summed E-state index contributed by atoms with van der Waals surface area (Å²) in [7, 11) is 0. The highest BCUT2D eigenvalue weighted by molar-refractivity contribution is 5.94. The van der Waals surface area contributed by atoms with E-state index in [2.05, 4.69) is 38.2 Å². The summed E-state index contributed by atoms with van der Waals surface area (Å²) in [6.45, 7) is 8.33. The van der Waals surface area contributed by atoms with Gasteiger partial charge in [0.2, 0.25) is 0 Å². The Morgan fingerprint density at radius 2 is 1.73 bits per heavy atom. The van der Waals surface area contributed by atoms with E-state index in [9.17, 15) is 4.79 Å². The number of nitrogens with one attached hydrogen (secondary N) is 1. The van der Waals surface area contributed by atoms with Gasteiger partial charge in [0.15, 0.2) is 0 Å². The van der Waals surface area contributed by atoms with Crippen molar-refractivity contribution in [2.45, 2.75) is 57.5 Å². The molecule has 2 aliphatic heterocycles. The summed E-state index contributed by atoms with van der Waals surface area (Å²) in [5.74, 6) is 0.185. The molecule has 122 valence electrons. The molecule has 0 saturated carbocycles. The summed E-state index contributed by atoms with van der Waals surface area (Å²) in [5, 5.41) is 3.62. The van der Waals surface area contributed by atoms with Gasteiger partial charge in [0.25, 0.3) is 5.91 Å². The third-order valence-electron chi connectivity index (χ3n) is 4.81. The van der Waals surface area contributed by atoms with Crippen LogP contribution in [0.15, 0.2) is 24.3 Å². The maximum atomic E-state index is 12.7. The zero-order chi connectivity index (χ0) is 15.0. The molecule has 2 bridgehead atoms. The predicted octanol–water partition coefficient (Wildman–Crippen LogP) is 3.37. The highest BCUT2D eigenvalue weighted by Gasteiger charge is 2.31. The number of fused-ring (bicyclic) bond motifs is 2. The molecule has 1 amide bonds. The topological polar surface area (TPSA) is 32.3 Å². The molecule has 3 nitrogen and oxygen atoms in total. The Labute approximate surface area is 139 Å². The second-order valence-corrected chi connectivity index (χ2v) is 7.51. The number of halogens is 1. The normalized spacial score (nSPS) is 24.6. The first-order valence-electron chi connectivity index (χ1n) is 8.09. The molecule has 0 aromatic heterocycles. The number of carbonyl (C=O) groups excluding carboxylic acids is 1. The summed E-state index contributed by atoms with van der Waals surface area (Å²) in [4.78, 5) is 14.7. The molecule has 2 heterocycles. The SMILES string of the molecule is CC(C)(C)c1ccc(C(=O)N2CCC3CCC(C2)N3)cc1.Cl. The number of carbonyl (C=O) groups is 1. The van der Waals surface area contributed by atoms with Gasteiger partial charge in [-0.25, -0.2) is 0 Å². The van der Waals surface area contributed by atoms with Gasteiger partial charge in [-0.2, -0.15) is 0 Å². The van der Waals surface area contributed by atoms with Crippen LogP contribution in [0.25, 0.3) is 0 Å². The standard InChI is InChI=1S/C18H26N2O.ClH/c1-18(2,3)14-6-4-13(5-7-14)17(21)20-11-10-15-8-9-16(12-20)19-15;/h4-7,15-16,19H,8-12H2,1-3H3;1H. The largest absolute Gasteiger partial charge is 0.337 e. The van der Waals surface area contributed by atoms with Gasteiger partial charge in [0.1, 0.15) is 0 Å². The molecular formula is C18H27ClN2O. The molecule has 22 heavy (non-hydrogen) atoms. The first kappa shape index (κ1) is 17.3. The van der Waals surface area contributed by atoms with Crippen molar-refractivity contribution in [3.05, 3.63) is 35.4 Å². The fourth-order valence-corrected chi connectivity index (χ4v) is 3.42. The Hall–Kier alpha value is -1.06. The third-order valence-corrected chi connectivity index (χ3v) is 4.81. The monoisotopic (exact) mass is 322 g/mol. The second-order valence-electron chi connectivity index (χ2n) is 7.51. The molecular weight excluding hydrogens is 296 g/mol. The maximum Gasteiger partial charge on any atom is 0.253 e. The zero-order valence-corrected chi connectivity index (χ0v) is 14.6. The van der Waals surface area contributed by atoms with Gasteiger partial charge in [-0.3, -0.25) is 4.79 Å². The van der Waals surface area contributed by atoms with Crippen LogP contribution in [-0.2, 0) is 5.41 Å². The minimum absolute atomic E-state index is 0. The van der Waals surface area contributed by atoms with E-state index in [0.29, 0.717) is 12.1 Å². The summed E-state index contributed by atoms with van der Waals surface area (Å²) >= 11 is 0. The number of amides is 1. The minimum Gasteiger partial charge on any atom is -0.337 e. The van der Waals surface area contributed by atoms with Crippen molar-refractivity contribution < 1.29 is 4.79 Å². The van der Waals surface area contributed by atoms with E-state index in [4.69, 9.17) is 0 Å². The van der Waals surface area contributed by atoms with Crippen molar-refractivity contribution in [1.82, 2.24) is 10.2 Å². The van der Waals surface area contributed by atoms with Crippen LogP contribution in [0.2, 0.25) is 0 Å². The van der Waals surface area contributed by atoms with Crippen molar-refractivity contribution >= 4 is 18.3 Å². The zero-order valence-electron chi connectivity index (χ0n) is 13.8. The number of nitrogens with zero attached hydrogens (tertiary/aromatic N) is 1. The molecule has 4 heteroatoms. The van der Waals surface area contributed by atoms with Crippen LogP contribution < -0.4 is 5.32 Å². The lowest BCUT2D eigenvalue weighted by atomic mass is 9.86. The number of likely N-dealkylation sites (tertiary alicyclic amines) is 1. The van der Waals surface area contributed by atoms with Gasteiger partial charge in [-0.1, -0.05) is 32.9 Å². The molecule has 2 aliphatic rings. The van der Waals surface area contributed by atoms with E-state index in [1.165, 1.54) is 18.4 Å². The molecule has 0 aliphatic carbocycles. The van der Waals surface area contributed by atoms with Gasteiger partial charge < -0.3 is 10.2 Å². The number of rotatable bonds is 1. The first-order chi connectivity index (χ1) is 9.93. The molecule has 2 unspecified atom stereocenters.